The largest absolute Gasteiger partial charge is 0.339 e. The molecule has 0 unspecified atom stereocenters. The second-order valence-corrected chi connectivity index (χ2v) is 8.12. The molecule has 1 N–H and O–H groups in total. The molecule has 2 aliphatic heterocycles. The highest BCUT2D eigenvalue weighted by Gasteiger charge is 2.50. The molecule has 0 bridgehead atoms. The van der Waals surface area contributed by atoms with E-state index in [1.165, 1.54) is 12.8 Å². The first-order valence-corrected chi connectivity index (χ1v) is 9.98. The van der Waals surface area contributed by atoms with Crippen LogP contribution in [0.1, 0.15) is 50.5 Å². The average molecular weight is 366 g/mol. The quantitative estimate of drug-likeness (QED) is 0.872. The van der Waals surface area contributed by atoms with Crippen LogP contribution in [0.2, 0.25) is 0 Å². The van der Waals surface area contributed by atoms with Crippen molar-refractivity contribution in [2.45, 2.75) is 51.0 Å². The maximum atomic E-state index is 13.3. The summed E-state index contributed by atoms with van der Waals surface area (Å²) in [6.45, 7) is 1.98. The van der Waals surface area contributed by atoms with E-state index in [0.717, 1.165) is 38.6 Å². The van der Waals surface area contributed by atoms with E-state index in [1.807, 2.05) is 0 Å². The number of carbonyl (C=O) groups is 2. The fraction of sp³-hybridized carbons (Fsp3) is 0.571. The number of hydrogen-bond donors (Lipinski definition) is 1. The number of likely N-dealkylation sites (tertiary alicyclic amines) is 2. The predicted octanol–water partition coefficient (Wildman–Crippen LogP) is 3.35. The lowest BCUT2D eigenvalue weighted by atomic mass is 9.77. The molecule has 3 amide bonds. The summed E-state index contributed by atoms with van der Waals surface area (Å²) >= 11 is 0. The zero-order valence-electron chi connectivity index (χ0n) is 15.6. The number of amides is 3. The van der Waals surface area contributed by atoms with Crippen LogP contribution in [0.5, 0.6) is 0 Å². The standard InChI is InChI=1S/C21H26N4O2/c22-14-16-5-3-6-17(13-16)23-20(27)24-12-10-21(15-24)9-4-11-25(19(21)26)18-7-1-2-8-18/h3,5-6,13,18H,1-2,4,7-12,15H2,(H,23,27)/t21-/m1/s1. The summed E-state index contributed by atoms with van der Waals surface area (Å²) in [5, 5.41) is 11.9. The highest BCUT2D eigenvalue weighted by Crippen LogP contribution is 2.42. The summed E-state index contributed by atoms with van der Waals surface area (Å²) < 4.78 is 0. The van der Waals surface area contributed by atoms with E-state index in [1.54, 1.807) is 29.2 Å². The molecule has 142 valence electrons. The number of benzene rings is 1. The maximum absolute atomic E-state index is 13.3. The molecule has 4 rings (SSSR count). The van der Waals surface area contributed by atoms with Crippen molar-refractivity contribution < 1.29 is 9.59 Å². The maximum Gasteiger partial charge on any atom is 0.321 e. The van der Waals surface area contributed by atoms with Gasteiger partial charge in [-0.15, -0.1) is 0 Å². The van der Waals surface area contributed by atoms with E-state index >= 15 is 0 Å². The van der Waals surface area contributed by atoms with Crippen molar-refractivity contribution in [1.29, 1.82) is 5.26 Å². The number of nitriles is 1. The number of carbonyl (C=O) groups excluding carboxylic acids is 2. The molecule has 1 aromatic rings. The lowest BCUT2D eigenvalue weighted by molar-refractivity contribution is -0.148. The van der Waals surface area contributed by atoms with Gasteiger partial charge in [0.15, 0.2) is 0 Å². The minimum absolute atomic E-state index is 0.187. The Morgan fingerprint density at radius 3 is 2.78 bits per heavy atom. The summed E-state index contributed by atoms with van der Waals surface area (Å²) in [6.07, 6.45) is 7.35. The highest BCUT2D eigenvalue weighted by molar-refractivity contribution is 5.91. The molecule has 2 heterocycles. The summed E-state index contributed by atoms with van der Waals surface area (Å²) in [5.74, 6) is 0.266. The van der Waals surface area contributed by atoms with Gasteiger partial charge in [0.2, 0.25) is 5.91 Å². The van der Waals surface area contributed by atoms with Crippen molar-refractivity contribution in [3.05, 3.63) is 29.8 Å². The number of nitrogens with one attached hydrogen (secondary N) is 1. The SMILES string of the molecule is N#Cc1cccc(NC(=O)N2CC[C@]3(CCCN(C4CCCC4)C3=O)C2)c1. The molecule has 1 aliphatic carbocycles. The van der Waals surface area contributed by atoms with Crippen LogP contribution in [0.3, 0.4) is 0 Å². The average Bonchev–Trinajstić information content (AvgIpc) is 3.35. The third-order valence-corrected chi connectivity index (χ3v) is 6.42. The first-order valence-electron chi connectivity index (χ1n) is 9.98. The zero-order chi connectivity index (χ0) is 18.9. The molecule has 1 atom stereocenters. The number of anilines is 1. The first kappa shape index (κ1) is 17.8. The molecule has 3 fully saturated rings. The Kier molecular flexibility index (Phi) is 4.77. The Balaban J connectivity index is 1.43. The summed E-state index contributed by atoms with van der Waals surface area (Å²) in [4.78, 5) is 29.8. The van der Waals surface area contributed by atoms with Crippen molar-refractivity contribution in [3.8, 4) is 6.07 Å². The van der Waals surface area contributed by atoms with Crippen LogP contribution in [-0.2, 0) is 4.79 Å². The fourth-order valence-electron chi connectivity index (χ4n) is 4.96. The molecule has 0 radical (unpaired) electrons. The Morgan fingerprint density at radius 1 is 1.19 bits per heavy atom. The van der Waals surface area contributed by atoms with Crippen LogP contribution < -0.4 is 5.32 Å². The van der Waals surface area contributed by atoms with Crippen LogP contribution in [0.4, 0.5) is 10.5 Å². The van der Waals surface area contributed by atoms with Gasteiger partial charge >= 0.3 is 6.03 Å². The van der Waals surface area contributed by atoms with Crippen LogP contribution in [0.15, 0.2) is 24.3 Å². The Labute approximate surface area is 160 Å². The molecule has 0 aromatic heterocycles. The van der Waals surface area contributed by atoms with E-state index in [9.17, 15) is 9.59 Å². The monoisotopic (exact) mass is 366 g/mol. The number of piperidine rings is 1. The van der Waals surface area contributed by atoms with Crippen LogP contribution >= 0.6 is 0 Å². The topological polar surface area (TPSA) is 76.4 Å². The first-order chi connectivity index (χ1) is 13.1. The van der Waals surface area contributed by atoms with Crippen molar-refractivity contribution in [1.82, 2.24) is 9.80 Å². The summed E-state index contributed by atoms with van der Waals surface area (Å²) in [6, 6.07) is 9.20. The molecule has 27 heavy (non-hydrogen) atoms. The van der Waals surface area contributed by atoms with Crippen molar-refractivity contribution in [2.75, 3.05) is 25.0 Å². The Morgan fingerprint density at radius 2 is 2.00 bits per heavy atom. The Bertz CT molecular complexity index is 781. The summed E-state index contributed by atoms with van der Waals surface area (Å²) in [5.41, 5.74) is 0.732. The number of nitrogens with zero attached hydrogens (tertiary/aromatic N) is 3. The highest BCUT2D eigenvalue weighted by atomic mass is 16.2. The van der Waals surface area contributed by atoms with Gasteiger partial charge in [0.25, 0.3) is 0 Å². The molecule has 6 nitrogen and oxygen atoms in total. The molecule has 2 saturated heterocycles. The Hall–Kier alpha value is -2.55. The van der Waals surface area contributed by atoms with Gasteiger partial charge in [-0.3, -0.25) is 4.79 Å². The molecule has 1 saturated carbocycles. The van der Waals surface area contributed by atoms with Crippen molar-refractivity contribution in [3.63, 3.8) is 0 Å². The molecule has 1 spiro atoms. The number of rotatable bonds is 2. The van der Waals surface area contributed by atoms with Gasteiger partial charge in [0.05, 0.1) is 17.0 Å². The third-order valence-electron chi connectivity index (χ3n) is 6.42. The second-order valence-electron chi connectivity index (χ2n) is 8.12. The predicted molar refractivity (Wildman–Crippen MR) is 102 cm³/mol. The van der Waals surface area contributed by atoms with Crippen molar-refractivity contribution in [2.24, 2.45) is 5.41 Å². The molecular formula is C21H26N4O2. The van der Waals surface area contributed by atoms with Crippen LogP contribution in [0.25, 0.3) is 0 Å². The van der Waals surface area contributed by atoms with E-state index < -0.39 is 5.41 Å². The second kappa shape index (κ2) is 7.22. The van der Waals surface area contributed by atoms with Crippen LogP contribution in [0, 0.1) is 16.7 Å². The van der Waals surface area contributed by atoms with Gasteiger partial charge in [0.1, 0.15) is 0 Å². The molecule has 1 aromatic carbocycles. The van der Waals surface area contributed by atoms with Gasteiger partial charge in [-0.25, -0.2) is 4.79 Å². The molecular weight excluding hydrogens is 340 g/mol. The minimum Gasteiger partial charge on any atom is -0.339 e. The third kappa shape index (κ3) is 3.39. The van der Waals surface area contributed by atoms with E-state index in [4.69, 9.17) is 5.26 Å². The van der Waals surface area contributed by atoms with Crippen molar-refractivity contribution >= 4 is 17.6 Å². The van der Waals surface area contributed by atoms with Gasteiger partial charge in [-0.05, 0) is 50.3 Å². The normalized spacial score (nSPS) is 25.8. The van der Waals surface area contributed by atoms with Gasteiger partial charge in [0, 0.05) is 31.4 Å². The lowest BCUT2D eigenvalue weighted by Crippen LogP contribution is -2.53. The smallest absolute Gasteiger partial charge is 0.321 e. The van der Waals surface area contributed by atoms with E-state index in [2.05, 4.69) is 16.3 Å². The van der Waals surface area contributed by atoms with E-state index in [0.29, 0.717) is 30.4 Å². The molecule has 3 aliphatic rings. The van der Waals surface area contributed by atoms with E-state index in [-0.39, 0.29) is 11.9 Å². The summed E-state index contributed by atoms with van der Waals surface area (Å²) in [7, 11) is 0. The number of urea groups is 1. The van der Waals surface area contributed by atoms with Crippen LogP contribution in [-0.4, -0.2) is 47.4 Å². The minimum atomic E-state index is -0.396. The fourth-order valence-corrected chi connectivity index (χ4v) is 4.96. The number of hydrogen-bond acceptors (Lipinski definition) is 3. The zero-order valence-corrected chi connectivity index (χ0v) is 15.6. The van der Waals surface area contributed by atoms with Gasteiger partial charge in [-0.1, -0.05) is 18.9 Å². The van der Waals surface area contributed by atoms with Gasteiger partial charge < -0.3 is 15.1 Å². The lowest BCUT2D eigenvalue weighted by Gasteiger charge is -2.42. The van der Waals surface area contributed by atoms with Gasteiger partial charge in [-0.2, -0.15) is 5.26 Å². The molecule has 6 heteroatoms.